The number of nitrogens with one attached hydrogen (secondary N) is 1. The lowest BCUT2D eigenvalue weighted by Crippen LogP contribution is -2.32. The van der Waals surface area contributed by atoms with Gasteiger partial charge in [-0.3, -0.25) is 4.79 Å². The van der Waals surface area contributed by atoms with Gasteiger partial charge in [-0.05, 0) is 43.7 Å². The molecular weight excluding hydrogens is 356 g/mol. The summed E-state index contributed by atoms with van der Waals surface area (Å²) in [6.45, 7) is 4.40. The van der Waals surface area contributed by atoms with E-state index in [0.29, 0.717) is 17.9 Å². The predicted octanol–water partition coefficient (Wildman–Crippen LogP) is 3.20. The Morgan fingerprint density at radius 3 is 2.68 bits per heavy atom. The van der Waals surface area contributed by atoms with Crippen molar-refractivity contribution in [3.8, 4) is 5.75 Å². The summed E-state index contributed by atoms with van der Waals surface area (Å²) in [5, 5.41) is 3.67. The number of ether oxygens (including phenoxy) is 1. The minimum absolute atomic E-state index is 0.0846. The van der Waals surface area contributed by atoms with Crippen molar-refractivity contribution in [1.82, 2.24) is 5.32 Å². The van der Waals surface area contributed by atoms with Crippen LogP contribution in [-0.2, 0) is 4.79 Å². The number of nitrogens with zero attached hydrogens (tertiary/aromatic N) is 1. The van der Waals surface area contributed by atoms with Crippen LogP contribution < -0.4 is 20.6 Å². The number of fused-ring (bicyclic) bond motifs is 1. The molecule has 0 fully saturated rings. The van der Waals surface area contributed by atoms with Gasteiger partial charge in [-0.25, -0.2) is 4.79 Å². The summed E-state index contributed by atoms with van der Waals surface area (Å²) in [5.41, 5.74) is 1.20. The van der Waals surface area contributed by atoms with Crippen LogP contribution in [0.1, 0.15) is 13.3 Å². The molecule has 3 rings (SSSR count). The molecule has 6 nitrogen and oxygen atoms in total. The Labute approximate surface area is 163 Å². The number of rotatable bonds is 9. The molecule has 3 aromatic rings. The van der Waals surface area contributed by atoms with Gasteiger partial charge in [-0.1, -0.05) is 18.2 Å². The first kappa shape index (κ1) is 19.5. The fourth-order valence-electron chi connectivity index (χ4n) is 2.94. The third-order valence-corrected chi connectivity index (χ3v) is 4.39. The first-order valence-electron chi connectivity index (χ1n) is 9.39. The molecule has 0 spiro atoms. The zero-order chi connectivity index (χ0) is 19.8. The van der Waals surface area contributed by atoms with Crippen LogP contribution in [0.25, 0.3) is 11.0 Å². The van der Waals surface area contributed by atoms with Crippen LogP contribution in [0.3, 0.4) is 0 Å². The molecule has 146 valence electrons. The molecule has 1 aromatic heterocycles. The van der Waals surface area contributed by atoms with Crippen molar-refractivity contribution in [2.45, 2.75) is 13.3 Å². The van der Waals surface area contributed by atoms with Crippen molar-refractivity contribution in [2.24, 2.45) is 0 Å². The second-order valence-corrected chi connectivity index (χ2v) is 6.36. The molecule has 0 atom stereocenters. The monoisotopic (exact) mass is 380 g/mol. The highest BCUT2D eigenvalue weighted by atomic mass is 16.5. The van der Waals surface area contributed by atoms with Crippen LogP contribution in [-0.4, -0.2) is 32.1 Å². The van der Waals surface area contributed by atoms with E-state index in [1.807, 2.05) is 18.2 Å². The van der Waals surface area contributed by atoms with Gasteiger partial charge in [0.2, 0.25) is 0 Å². The summed E-state index contributed by atoms with van der Waals surface area (Å²) >= 11 is 0. The topological polar surface area (TPSA) is 71.8 Å². The Hall–Kier alpha value is -3.28. The minimum atomic E-state index is -0.418. The highest BCUT2D eigenvalue weighted by Crippen LogP contribution is 2.19. The zero-order valence-corrected chi connectivity index (χ0v) is 15.9. The smallest absolute Gasteiger partial charge is 0.336 e. The van der Waals surface area contributed by atoms with E-state index in [2.05, 4.69) is 29.3 Å². The van der Waals surface area contributed by atoms with Crippen molar-refractivity contribution in [1.29, 1.82) is 0 Å². The maximum absolute atomic E-state index is 12.0. The molecule has 0 aliphatic heterocycles. The van der Waals surface area contributed by atoms with Crippen molar-refractivity contribution in [3.05, 3.63) is 71.1 Å². The summed E-state index contributed by atoms with van der Waals surface area (Å²) in [5.74, 6) is 0.301. The summed E-state index contributed by atoms with van der Waals surface area (Å²) in [4.78, 5) is 25.6. The molecule has 0 bridgehead atoms. The van der Waals surface area contributed by atoms with Crippen LogP contribution in [0.15, 0.2) is 69.9 Å². The lowest BCUT2D eigenvalue weighted by atomic mass is 10.2. The highest BCUT2D eigenvalue weighted by molar-refractivity contribution is 5.79. The molecule has 0 unspecified atom stereocenters. The van der Waals surface area contributed by atoms with E-state index in [0.717, 1.165) is 24.9 Å². The standard InChI is InChI=1S/C22H24N2O4/c1-2-24(18-7-4-3-5-8-18)14-6-13-23-21(25)16-27-19-11-9-17-10-12-22(26)28-20(17)15-19/h3-5,7-12,15H,2,6,13-14,16H2,1H3,(H,23,25). The van der Waals surface area contributed by atoms with Crippen LogP contribution in [0.2, 0.25) is 0 Å². The molecule has 6 heteroatoms. The lowest BCUT2D eigenvalue weighted by molar-refractivity contribution is -0.123. The third kappa shape index (κ3) is 5.36. The summed E-state index contributed by atoms with van der Waals surface area (Å²) in [6.07, 6.45) is 0.843. The van der Waals surface area contributed by atoms with Gasteiger partial charge in [0.25, 0.3) is 5.91 Å². The van der Waals surface area contributed by atoms with Gasteiger partial charge < -0.3 is 19.4 Å². The molecule has 28 heavy (non-hydrogen) atoms. The fourth-order valence-corrected chi connectivity index (χ4v) is 2.94. The predicted molar refractivity (Wildman–Crippen MR) is 110 cm³/mol. The summed E-state index contributed by atoms with van der Waals surface area (Å²) in [7, 11) is 0. The zero-order valence-electron chi connectivity index (χ0n) is 15.9. The average molecular weight is 380 g/mol. The molecule has 0 saturated heterocycles. The lowest BCUT2D eigenvalue weighted by Gasteiger charge is -2.23. The van der Waals surface area contributed by atoms with Crippen molar-refractivity contribution in [3.63, 3.8) is 0 Å². The van der Waals surface area contributed by atoms with Gasteiger partial charge in [0.05, 0.1) is 0 Å². The van der Waals surface area contributed by atoms with Gasteiger partial charge in [-0.2, -0.15) is 0 Å². The van der Waals surface area contributed by atoms with E-state index in [1.165, 1.54) is 11.8 Å². The molecule has 1 heterocycles. The van der Waals surface area contributed by atoms with Crippen LogP contribution in [0, 0.1) is 0 Å². The largest absolute Gasteiger partial charge is 0.484 e. The molecule has 0 saturated carbocycles. The number of anilines is 1. The number of benzene rings is 2. The van der Waals surface area contributed by atoms with Crippen LogP contribution in [0.4, 0.5) is 5.69 Å². The van der Waals surface area contributed by atoms with Crippen LogP contribution in [0.5, 0.6) is 5.75 Å². The molecule has 1 amide bonds. The molecular formula is C22H24N2O4. The van der Waals surface area contributed by atoms with Gasteiger partial charge in [0, 0.05) is 42.8 Å². The minimum Gasteiger partial charge on any atom is -0.484 e. The molecule has 0 aliphatic carbocycles. The summed E-state index contributed by atoms with van der Waals surface area (Å²) in [6, 6.07) is 18.4. The number of carbonyl (C=O) groups is 1. The van der Waals surface area contributed by atoms with E-state index in [9.17, 15) is 9.59 Å². The Morgan fingerprint density at radius 1 is 1.11 bits per heavy atom. The van der Waals surface area contributed by atoms with Crippen LogP contribution >= 0.6 is 0 Å². The second-order valence-electron chi connectivity index (χ2n) is 6.36. The SMILES string of the molecule is CCN(CCCNC(=O)COc1ccc2ccc(=O)oc2c1)c1ccccc1. The Bertz CT molecular complexity index is 969. The average Bonchev–Trinajstić information content (AvgIpc) is 2.72. The Balaban J connectivity index is 1.41. The van der Waals surface area contributed by atoms with Gasteiger partial charge in [-0.15, -0.1) is 0 Å². The number of carbonyl (C=O) groups excluding carboxylic acids is 1. The van der Waals surface area contributed by atoms with Gasteiger partial charge >= 0.3 is 5.63 Å². The van der Waals surface area contributed by atoms with Crippen molar-refractivity contribution >= 4 is 22.6 Å². The highest BCUT2D eigenvalue weighted by Gasteiger charge is 2.06. The number of hydrogen-bond acceptors (Lipinski definition) is 5. The van der Waals surface area contributed by atoms with Crippen molar-refractivity contribution < 1.29 is 13.9 Å². The number of para-hydroxylation sites is 1. The van der Waals surface area contributed by atoms with E-state index < -0.39 is 5.63 Å². The van der Waals surface area contributed by atoms with E-state index in [4.69, 9.17) is 9.15 Å². The third-order valence-electron chi connectivity index (χ3n) is 4.39. The fraction of sp³-hybridized carbons (Fsp3) is 0.273. The maximum atomic E-state index is 12.0. The van der Waals surface area contributed by atoms with Crippen molar-refractivity contribution in [2.75, 3.05) is 31.1 Å². The maximum Gasteiger partial charge on any atom is 0.336 e. The quantitative estimate of drug-likeness (QED) is 0.456. The normalized spacial score (nSPS) is 10.6. The number of amides is 1. The molecule has 0 radical (unpaired) electrons. The summed E-state index contributed by atoms with van der Waals surface area (Å²) < 4.78 is 10.6. The van der Waals surface area contributed by atoms with Gasteiger partial charge in [0.1, 0.15) is 11.3 Å². The van der Waals surface area contributed by atoms with E-state index in [-0.39, 0.29) is 12.5 Å². The van der Waals surface area contributed by atoms with E-state index in [1.54, 1.807) is 24.3 Å². The van der Waals surface area contributed by atoms with Gasteiger partial charge in [0.15, 0.2) is 6.61 Å². The first-order valence-corrected chi connectivity index (χ1v) is 9.39. The first-order chi connectivity index (χ1) is 13.7. The Kier molecular flexibility index (Phi) is 6.68. The van der Waals surface area contributed by atoms with E-state index >= 15 is 0 Å². The number of hydrogen-bond donors (Lipinski definition) is 1. The molecule has 0 aliphatic rings. The molecule has 2 aromatic carbocycles. The molecule has 1 N–H and O–H groups in total. The Morgan fingerprint density at radius 2 is 1.89 bits per heavy atom. The second kappa shape index (κ2) is 9.60.